The normalized spacial score (nSPS) is 23.9. The average Bonchev–Trinajstić information content (AvgIpc) is 2.62. The van der Waals surface area contributed by atoms with Gasteiger partial charge < -0.3 is 4.90 Å². The Bertz CT molecular complexity index is 288. The van der Waals surface area contributed by atoms with E-state index in [1.54, 1.807) is 13.8 Å². The molecule has 1 N–H and O–H groups in total. The van der Waals surface area contributed by atoms with Crippen LogP contribution < -0.4 is 4.72 Å². The van der Waals surface area contributed by atoms with Gasteiger partial charge in [0.1, 0.15) is 0 Å². The second-order valence-corrected chi connectivity index (χ2v) is 6.81. The zero-order valence-electron chi connectivity index (χ0n) is 9.86. The Morgan fingerprint density at radius 2 is 2.13 bits per heavy atom. The van der Waals surface area contributed by atoms with Gasteiger partial charge in [0.25, 0.3) is 0 Å². The number of hydrogen-bond acceptors (Lipinski definition) is 3. The molecule has 5 heteroatoms. The summed E-state index contributed by atoms with van der Waals surface area (Å²) in [6.45, 7) is 9.33. The molecule has 90 valence electrons. The van der Waals surface area contributed by atoms with Gasteiger partial charge in [-0.2, -0.15) is 0 Å². The molecule has 4 nitrogen and oxygen atoms in total. The molecule has 0 aromatic heterocycles. The van der Waals surface area contributed by atoms with Crippen molar-refractivity contribution in [3.05, 3.63) is 0 Å². The molecule has 1 rings (SSSR count). The molecule has 15 heavy (non-hydrogen) atoms. The molecule has 0 aromatic carbocycles. The lowest BCUT2D eigenvalue weighted by molar-refractivity contribution is 0.342. The van der Waals surface area contributed by atoms with Gasteiger partial charge in [0.15, 0.2) is 0 Å². The number of rotatable bonds is 5. The highest BCUT2D eigenvalue weighted by Crippen LogP contribution is 2.15. The van der Waals surface area contributed by atoms with E-state index < -0.39 is 10.0 Å². The fourth-order valence-electron chi connectivity index (χ4n) is 1.77. The molecule has 0 bridgehead atoms. The lowest BCUT2D eigenvalue weighted by atomic mass is 10.1. The summed E-state index contributed by atoms with van der Waals surface area (Å²) in [5, 5.41) is -0.332. The monoisotopic (exact) mass is 234 g/mol. The van der Waals surface area contributed by atoms with Crippen molar-refractivity contribution in [3.8, 4) is 0 Å². The van der Waals surface area contributed by atoms with Crippen molar-refractivity contribution >= 4 is 10.0 Å². The minimum atomic E-state index is -3.08. The number of hydrogen-bond donors (Lipinski definition) is 1. The number of nitrogens with zero attached hydrogens (tertiary/aromatic N) is 1. The molecule has 1 atom stereocenters. The molecule has 0 aliphatic carbocycles. The summed E-state index contributed by atoms with van der Waals surface area (Å²) in [5.41, 5.74) is 0. The van der Waals surface area contributed by atoms with Crippen molar-refractivity contribution in [2.45, 2.75) is 32.4 Å². The largest absolute Gasteiger partial charge is 0.303 e. The molecule has 0 saturated carbocycles. The van der Waals surface area contributed by atoms with Crippen molar-refractivity contribution in [2.24, 2.45) is 5.92 Å². The summed E-state index contributed by atoms with van der Waals surface area (Å²) in [4.78, 5) is 2.36. The Kier molecular flexibility index (Phi) is 4.55. The Hall–Kier alpha value is -0.130. The van der Waals surface area contributed by atoms with Crippen LogP contribution >= 0.6 is 0 Å². The second-order valence-electron chi connectivity index (χ2n) is 4.49. The van der Waals surface area contributed by atoms with Crippen LogP contribution in [0.3, 0.4) is 0 Å². The first-order valence-electron chi connectivity index (χ1n) is 5.66. The van der Waals surface area contributed by atoms with E-state index in [9.17, 15) is 8.42 Å². The summed E-state index contributed by atoms with van der Waals surface area (Å²) >= 11 is 0. The van der Waals surface area contributed by atoms with Gasteiger partial charge in [-0.15, -0.1) is 0 Å². The lowest BCUT2D eigenvalue weighted by Crippen LogP contribution is -2.35. The minimum absolute atomic E-state index is 0.332. The van der Waals surface area contributed by atoms with Gasteiger partial charge >= 0.3 is 0 Å². The van der Waals surface area contributed by atoms with Crippen molar-refractivity contribution in [1.82, 2.24) is 9.62 Å². The molecule has 1 heterocycles. The number of likely N-dealkylation sites (tertiary alicyclic amines) is 1. The van der Waals surface area contributed by atoms with Crippen LogP contribution in [-0.4, -0.2) is 44.7 Å². The highest BCUT2D eigenvalue weighted by molar-refractivity contribution is 7.90. The Balaban J connectivity index is 2.33. The molecule has 1 aliphatic rings. The second kappa shape index (κ2) is 5.27. The fourth-order valence-corrected chi connectivity index (χ4v) is 2.57. The lowest BCUT2D eigenvalue weighted by Gasteiger charge is -2.15. The quantitative estimate of drug-likeness (QED) is 0.760. The predicted octanol–water partition coefficient (Wildman–Crippen LogP) is 0.656. The summed E-state index contributed by atoms with van der Waals surface area (Å²) in [6.07, 6.45) is 1.11. The van der Waals surface area contributed by atoms with Gasteiger partial charge in [0.2, 0.25) is 10.0 Å². The molecular weight excluding hydrogens is 212 g/mol. The van der Waals surface area contributed by atoms with Crippen LogP contribution in [0.2, 0.25) is 0 Å². The van der Waals surface area contributed by atoms with Gasteiger partial charge in [-0.1, -0.05) is 6.92 Å². The first-order chi connectivity index (χ1) is 6.95. The molecule has 1 unspecified atom stereocenters. The van der Waals surface area contributed by atoms with E-state index in [2.05, 4.69) is 16.5 Å². The number of nitrogens with one attached hydrogen (secondary N) is 1. The molecule has 0 aromatic rings. The predicted molar refractivity (Wildman–Crippen MR) is 62.3 cm³/mol. The Morgan fingerprint density at radius 1 is 1.47 bits per heavy atom. The third-order valence-corrected chi connectivity index (χ3v) is 4.82. The van der Waals surface area contributed by atoms with Gasteiger partial charge in [0.05, 0.1) is 5.25 Å². The van der Waals surface area contributed by atoms with E-state index in [4.69, 9.17) is 0 Å². The Labute approximate surface area is 93.1 Å². The number of sulfonamides is 1. The van der Waals surface area contributed by atoms with E-state index in [0.717, 1.165) is 26.1 Å². The van der Waals surface area contributed by atoms with Crippen LogP contribution in [0.25, 0.3) is 0 Å². The maximum absolute atomic E-state index is 11.5. The standard InChI is InChI=1S/C10H22N2O2S/c1-4-12-6-5-10(8-12)7-11-15(13,14)9(2)3/h9-11H,4-8H2,1-3H3. The summed E-state index contributed by atoms with van der Waals surface area (Å²) in [7, 11) is -3.08. The smallest absolute Gasteiger partial charge is 0.213 e. The zero-order valence-corrected chi connectivity index (χ0v) is 10.7. The van der Waals surface area contributed by atoms with Crippen LogP contribution in [0, 0.1) is 5.92 Å². The van der Waals surface area contributed by atoms with Crippen molar-refractivity contribution in [2.75, 3.05) is 26.2 Å². The minimum Gasteiger partial charge on any atom is -0.303 e. The molecule has 0 radical (unpaired) electrons. The highest BCUT2D eigenvalue weighted by Gasteiger charge is 2.23. The molecule has 1 fully saturated rings. The zero-order chi connectivity index (χ0) is 11.5. The molecule has 0 spiro atoms. The third kappa shape index (κ3) is 3.74. The van der Waals surface area contributed by atoms with Gasteiger partial charge in [-0.05, 0) is 39.3 Å². The Morgan fingerprint density at radius 3 is 2.60 bits per heavy atom. The van der Waals surface area contributed by atoms with Crippen molar-refractivity contribution in [1.29, 1.82) is 0 Å². The third-order valence-electron chi connectivity index (χ3n) is 3.01. The van der Waals surface area contributed by atoms with Crippen LogP contribution in [0.5, 0.6) is 0 Å². The van der Waals surface area contributed by atoms with Gasteiger partial charge in [-0.25, -0.2) is 13.1 Å². The molecule has 1 aliphatic heterocycles. The summed E-state index contributed by atoms with van der Waals surface area (Å²) < 4.78 is 25.7. The topological polar surface area (TPSA) is 49.4 Å². The maximum atomic E-state index is 11.5. The molecular formula is C10H22N2O2S. The van der Waals surface area contributed by atoms with Crippen molar-refractivity contribution < 1.29 is 8.42 Å². The molecule has 0 amide bonds. The first-order valence-corrected chi connectivity index (χ1v) is 7.21. The van der Waals surface area contributed by atoms with E-state index in [-0.39, 0.29) is 5.25 Å². The van der Waals surface area contributed by atoms with Crippen LogP contribution in [0.4, 0.5) is 0 Å². The van der Waals surface area contributed by atoms with Crippen LogP contribution in [-0.2, 0) is 10.0 Å². The van der Waals surface area contributed by atoms with Crippen molar-refractivity contribution in [3.63, 3.8) is 0 Å². The van der Waals surface area contributed by atoms with E-state index in [1.165, 1.54) is 0 Å². The maximum Gasteiger partial charge on any atom is 0.213 e. The van der Waals surface area contributed by atoms with Crippen LogP contribution in [0.1, 0.15) is 27.2 Å². The van der Waals surface area contributed by atoms with E-state index in [1.807, 2.05) is 0 Å². The van der Waals surface area contributed by atoms with Gasteiger partial charge in [0, 0.05) is 13.1 Å². The SMILES string of the molecule is CCN1CCC(CNS(=O)(=O)C(C)C)C1. The summed E-state index contributed by atoms with van der Waals surface area (Å²) in [5.74, 6) is 0.485. The van der Waals surface area contributed by atoms with Gasteiger partial charge in [-0.3, -0.25) is 0 Å². The fraction of sp³-hybridized carbons (Fsp3) is 1.00. The average molecular weight is 234 g/mol. The van der Waals surface area contributed by atoms with E-state index in [0.29, 0.717) is 12.5 Å². The van der Waals surface area contributed by atoms with Crippen LogP contribution in [0.15, 0.2) is 0 Å². The highest BCUT2D eigenvalue weighted by atomic mass is 32.2. The molecule has 1 saturated heterocycles. The summed E-state index contributed by atoms with van der Waals surface area (Å²) in [6, 6.07) is 0. The first kappa shape index (κ1) is 12.9. The van der Waals surface area contributed by atoms with E-state index >= 15 is 0 Å².